The van der Waals surface area contributed by atoms with Crippen molar-refractivity contribution in [3.05, 3.63) is 0 Å². The molecule has 18 heavy (non-hydrogen) atoms. The van der Waals surface area contributed by atoms with Crippen molar-refractivity contribution in [2.75, 3.05) is 32.7 Å². The van der Waals surface area contributed by atoms with Crippen LogP contribution < -0.4 is 5.32 Å². The number of likely N-dealkylation sites (tertiary alicyclic amines) is 1. The summed E-state index contributed by atoms with van der Waals surface area (Å²) in [6.07, 6.45) is 11.0. The van der Waals surface area contributed by atoms with Crippen LogP contribution in [-0.2, 0) is 0 Å². The van der Waals surface area contributed by atoms with Gasteiger partial charge in [0.25, 0.3) is 0 Å². The van der Waals surface area contributed by atoms with Gasteiger partial charge in [0.1, 0.15) is 0 Å². The van der Waals surface area contributed by atoms with Crippen LogP contribution in [0.5, 0.6) is 0 Å². The van der Waals surface area contributed by atoms with Crippen LogP contribution in [0, 0.1) is 0 Å². The molecule has 0 atom stereocenters. The summed E-state index contributed by atoms with van der Waals surface area (Å²) in [6, 6.07) is 0. The summed E-state index contributed by atoms with van der Waals surface area (Å²) in [4.78, 5) is 2.56. The van der Waals surface area contributed by atoms with Crippen LogP contribution in [0.15, 0.2) is 0 Å². The Morgan fingerprint density at radius 2 is 1.61 bits per heavy atom. The molecule has 0 aromatic carbocycles. The van der Waals surface area contributed by atoms with Crippen molar-refractivity contribution in [1.82, 2.24) is 10.2 Å². The topological polar surface area (TPSA) is 35.5 Å². The molecule has 1 aliphatic heterocycles. The number of rotatable bonds is 6. The van der Waals surface area contributed by atoms with Gasteiger partial charge in [0, 0.05) is 6.54 Å². The third-order valence-electron chi connectivity index (χ3n) is 4.51. The Hall–Kier alpha value is -0.120. The molecule has 1 saturated heterocycles. The van der Waals surface area contributed by atoms with Crippen LogP contribution in [0.2, 0.25) is 0 Å². The predicted molar refractivity (Wildman–Crippen MR) is 75.8 cm³/mol. The molecule has 2 fully saturated rings. The normalized spacial score (nSPS) is 25.2. The minimum Gasteiger partial charge on any atom is -0.389 e. The van der Waals surface area contributed by atoms with Crippen molar-refractivity contribution in [2.45, 2.75) is 63.4 Å². The van der Waals surface area contributed by atoms with Gasteiger partial charge in [0.2, 0.25) is 0 Å². The minimum atomic E-state index is -0.413. The van der Waals surface area contributed by atoms with Crippen LogP contribution in [0.3, 0.4) is 0 Å². The number of hydrogen-bond acceptors (Lipinski definition) is 3. The Bertz CT molecular complexity index is 219. The average molecular weight is 254 g/mol. The number of nitrogens with zero attached hydrogens (tertiary/aromatic N) is 1. The zero-order valence-corrected chi connectivity index (χ0v) is 11.8. The highest BCUT2D eigenvalue weighted by Gasteiger charge is 2.27. The van der Waals surface area contributed by atoms with Gasteiger partial charge in [-0.2, -0.15) is 0 Å². The standard InChI is InChI=1S/C15H30N2O/c18-15(8-3-1-2-4-9-15)14-16-10-7-13-17-11-5-6-12-17/h16,18H,1-14H2. The van der Waals surface area contributed by atoms with E-state index in [0.717, 1.165) is 25.9 Å². The maximum absolute atomic E-state index is 10.5. The average Bonchev–Trinajstić information content (AvgIpc) is 2.78. The molecule has 0 radical (unpaired) electrons. The molecule has 1 aliphatic carbocycles. The molecule has 1 heterocycles. The summed E-state index contributed by atoms with van der Waals surface area (Å²) in [5.74, 6) is 0. The molecule has 2 aliphatic rings. The summed E-state index contributed by atoms with van der Waals surface area (Å²) in [5, 5.41) is 14.0. The van der Waals surface area contributed by atoms with E-state index in [9.17, 15) is 5.11 Å². The summed E-state index contributed by atoms with van der Waals surface area (Å²) >= 11 is 0. The van der Waals surface area contributed by atoms with Gasteiger partial charge in [-0.25, -0.2) is 0 Å². The molecule has 3 heteroatoms. The first-order valence-electron chi connectivity index (χ1n) is 7.94. The summed E-state index contributed by atoms with van der Waals surface area (Å²) in [7, 11) is 0. The van der Waals surface area contributed by atoms with E-state index in [0.29, 0.717) is 0 Å². The first-order chi connectivity index (χ1) is 8.79. The fourth-order valence-electron chi connectivity index (χ4n) is 3.32. The maximum Gasteiger partial charge on any atom is 0.0771 e. The van der Waals surface area contributed by atoms with Crippen LogP contribution >= 0.6 is 0 Å². The lowest BCUT2D eigenvalue weighted by molar-refractivity contribution is 0.0253. The van der Waals surface area contributed by atoms with E-state index in [2.05, 4.69) is 10.2 Å². The van der Waals surface area contributed by atoms with Crippen LogP contribution in [0.1, 0.15) is 57.8 Å². The van der Waals surface area contributed by atoms with Crippen LogP contribution in [0.25, 0.3) is 0 Å². The number of nitrogens with one attached hydrogen (secondary N) is 1. The van der Waals surface area contributed by atoms with E-state index in [-0.39, 0.29) is 0 Å². The fourth-order valence-corrected chi connectivity index (χ4v) is 3.32. The Morgan fingerprint density at radius 3 is 2.28 bits per heavy atom. The van der Waals surface area contributed by atoms with Gasteiger partial charge < -0.3 is 15.3 Å². The van der Waals surface area contributed by atoms with Gasteiger partial charge in [0.15, 0.2) is 0 Å². The van der Waals surface area contributed by atoms with Gasteiger partial charge >= 0.3 is 0 Å². The zero-order chi connectivity index (χ0) is 12.7. The van der Waals surface area contributed by atoms with Crippen LogP contribution in [-0.4, -0.2) is 48.3 Å². The number of hydrogen-bond donors (Lipinski definition) is 2. The Kier molecular flexibility index (Phi) is 5.93. The van der Waals surface area contributed by atoms with Crippen molar-refractivity contribution in [2.24, 2.45) is 0 Å². The van der Waals surface area contributed by atoms with E-state index < -0.39 is 5.60 Å². The third kappa shape index (κ3) is 4.87. The largest absolute Gasteiger partial charge is 0.389 e. The summed E-state index contributed by atoms with van der Waals surface area (Å²) in [6.45, 7) is 5.67. The van der Waals surface area contributed by atoms with Gasteiger partial charge in [-0.15, -0.1) is 0 Å². The lowest BCUT2D eigenvalue weighted by Crippen LogP contribution is -2.41. The van der Waals surface area contributed by atoms with Crippen molar-refractivity contribution in [1.29, 1.82) is 0 Å². The molecule has 0 amide bonds. The van der Waals surface area contributed by atoms with Crippen molar-refractivity contribution >= 4 is 0 Å². The molecule has 0 unspecified atom stereocenters. The van der Waals surface area contributed by atoms with Gasteiger partial charge in [-0.1, -0.05) is 25.7 Å². The SMILES string of the molecule is OC1(CNCCCN2CCCC2)CCCCCC1. The lowest BCUT2D eigenvalue weighted by Gasteiger charge is -2.27. The second-order valence-electron chi connectivity index (χ2n) is 6.22. The lowest BCUT2D eigenvalue weighted by atomic mass is 9.94. The van der Waals surface area contributed by atoms with Crippen molar-refractivity contribution in [3.63, 3.8) is 0 Å². The molecule has 106 valence electrons. The first-order valence-corrected chi connectivity index (χ1v) is 7.94. The monoisotopic (exact) mass is 254 g/mol. The van der Waals surface area contributed by atoms with Gasteiger partial charge in [0.05, 0.1) is 5.60 Å². The van der Waals surface area contributed by atoms with E-state index in [1.54, 1.807) is 0 Å². The summed E-state index contributed by atoms with van der Waals surface area (Å²) in [5.41, 5.74) is -0.413. The molecule has 1 saturated carbocycles. The van der Waals surface area contributed by atoms with Gasteiger partial charge in [-0.3, -0.25) is 0 Å². The molecule has 0 bridgehead atoms. The molecule has 3 nitrogen and oxygen atoms in total. The van der Waals surface area contributed by atoms with Crippen molar-refractivity contribution < 1.29 is 5.11 Å². The zero-order valence-electron chi connectivity index (χ0n) is 11.8. The molecule has 2 rings (SSSR count). The Morgan fingerprint density at radius 1 is 0.944 bits per heavy atom. The second kappa shape index (κ2) is 7.46. The molecule has 0 aromatic heterocycles. The molecular weight excluding hydrogens is 224 g/mol. The molecular formula is C15H30N2O. The molecule has 0 aromatic rings. The molecule has 2 N–H and O–H groups in total. The Labute approximate surface area is 112 Å². The third-order valence-corrected chi connectivity index (χ3v) is 4.51. The minimum absolute atomic E-state index is 0.413. The smallest absolute Gasteiger partial charge is 0.0771 e. The summed E-state index contributed by atoms with van der Waals surface area (Å²) < 4.78 is 0. The van der Waals surface area contributed by atoms with Crippen molar-refractivity contribution in [3.8, 4) is 0 Å². The first kappa shape index (κ1) is 14.3. The van der Waals surface area contributed by atoms with E-state index in [1.807, 2.05) is 0 Å². The Balaban J connectivity index is 1.53. The predicted octanol–water partition coefficient (Wildman–Crippen LogP) is 2.15. The molecule has 0 spiro atoms. The van der Waals surface area contributed by atoms with Crippen LogP contribution in [0.4, 0.5) is 0 Å². The highest BCUT2D eigenvalue weighted by Crippen LogP contribution is 2.26. The van der Waals surface area contributed by atoms with E-state index in [4.69, 9.17) is 0 Å². The second-order valence-corrected chi connectivity index (χ2v) is 6.22. The fraction of sp³-hybridized carbons (Fsp3) is 1.00. The van der Waals surface area contributed by atoms with E-state index in [1.165, 1.54) is 64.6 Å². The van der Waals surface area contributed by atoms with Gasteiger partial charge in [-0.05, 0) is 58.3 Å². The maximum atomic E-state index is 10.5. The van der Waals surface area contributed by atoms with E-state index >= 15 is 0 Å². The highest BCUT2D eigenvalue weighted by molar-refractivity contribution is 4.83. The highest BCUT2D eigenvalue weighted by atomic mass is 16.3. The quantitative estimate of drug-likeness (QED) is 0.563. The number of aliphatic hydroxyl groups is 1.